The molecular formula is C3H6Cl3OP. The lowest BCUT2D eigenvalue weighted by Crippen LogP contribution is -1.84. The summed E-state index contributed by atoms with van der Waals surface area (Å²) >= 11 is 15.9. The maximum atomic E-state index is 5.33. The number of rotatable bonds is 4. The van der Waals surface area contributed by atoms with Crippen LogP contribution in [0.2, 0.25) is 0 Å². The highest BCUT2D eigenvalue weighted by molar-refractivity contribution is 8.00. The van der Waals surface area contributed by atoms with E-state index in [0.29, 0.717) is 12.5 Å². The van der Waals surface area contributed by atoms with Gasteiger partial charge in [0.15, 0.2) is 0 Å². The SMILES string of the molecule is ClCCCOP(Cl)Cl. The molecule has 0 spiro atoms. The van der Waals surface area contributed by atoms with Crippen LogP contribution >= 0.6 is 40.9 Å². The van der Waals surface area contributed by atoms with Crippen molar-refractivity contribution in [3.05, 3.63) is 0 Å². The monoisotopic (exact) mass is 194 g/mol. The Hall–Kier alpha value is 1.26. The summed E-state index contributed by atoms with van der Waals surface area (Å²) in [6.45, 7) is -0.669. The summed E-state index contributed by atoms with van der Waals surface area (Å²) in [6, 6.07) is 0. The molecule has 0 amide bonds. The molecule has 0 aromatic carbocycles. The van der Waals surface area contributed by atoms with Crippen molar-refractivity contribution in [3.63, 3.8) is 0 Å². The van der Waals surface area contributed by atoms with Crippen LogP contribution in [0.25, 0.3) is 0 Å². The van der Waals surface area contributed by atoms with E-state index < -0.39 is 6.85 Å². The van der Waals surface area contributed by atoms with E-state index in [9.17, 15) is 0 Å². The quantitative estimate of drug-likeness (QED) is 0.380. The summed E-state index contributed by atoms with van der Waals surface area (Å²) in [5, 5.41) is 0. The summed E-state index contributed by atoms with van der Waals surface area (Å²) in [6.07, 6.45) is 0.805. The molecule has 0 aromatic rings. The van der Waals surface area contributed by atoms with Crippen molar-refractivity contribution in [2.24, 2.45) is 0 Å². The van der Waals surface area contributed by atoms with Gasteiger partial charge in [0.05, 0.1) is 6.61 Å². The van der Waals surface area contributed by atoms with Crippen LogP contribution in [0, 0.1) is 0 Å². The van der Waals surface area contributed by atoms with Gasteiger partial charge >= 0.3 is 0 Å². The van der Waals surface area contributed by atoms with Crippen molar-refractivity contribution in [2.45, 2.75) is 6.42 Å². The second-order valence-corrected chi connectivity index (χ2v) is 4.48. The zero-order valence-corrected chi connectivity index (χ0v) is 7.27. The molecule has 0 heterocycles. The maximum absolute atomic E-state index is 5.33. The molecule has 1 nitrogen and oxygen atoms in total. The standard InChI is InChI=1S/C3H6Cl3OP/c4-2-1-3-7-8(5)6/h1-3H2. The third-order valence-corrected chi connectivity index (χ3v) is 1.70. The van der Waals surface area contributed by atoms with Crippen LogP contribution in [-0.2, 0) is 4.52 Å². The average molecular weight is 195 g/mol. The molecule has 0 unspecified atom stereocenters. The molecular weight excluding hydrogens is 189 g/mol. The van der Waals surface area contributed by atoms with Crippen molar-refractivity contribution < 1.29 is 4.52 Å². The number of alkyl halides is 1. The van der Waals surface area contributed by atoms with Gasteiger partial charge in [0, 0.05) is 5.88 Å². The highest BCUT2D eigenvalue weighted by Gasteiger charge is 1.95. The minimum Gasteiger partial charge on any atom is -0.332 e. The Kier molecular flexibility index (Phi) is 7.39. The maximum Gasteiger partial charge on any atom is 0.225 e. The summed E-state index contributed by atoms with van der Waals surface area (Å²) in [5.41, 5.74) is 0. The van der Waals surface area contributed by atoms with E-state index in [1.54, 1.807) is 0 Å². The molecule has 0 aliphatic heterocycles. The van der Waals surface area contributed by atoms with Crippen molar-refractivity contribution in [1.29, 1.82) is 0 Å². The minimum absolute atomic E-state index is 0.558. The third-order valence-electron chi connectivity index (χ3n) is 0.467. The van der Waals surface area contributed by atoms with Gasteiger partial charge in [-0.25, -0.2) is 0 Å². The minimum atomic E-state index is -1.23. The van der Waals surface area contributed by atoms with E-state index >= 15 is 0 Å². The van der Waals surface area contributed by atoms with Gasteiger partial charge in [-0.3, -0.25) is 0 Å². The van der Waals surface area contributed by atoms with E-state index in [0.717, 1.165) is 6.42 Å². The van der Waals surface area contributed by atoms with Crippen LogP contribution in [0.4, 0.5) is 0 Å². The Morgan fingerprint density at radius 2 is 2.00 bits per heavy atom. The molecule has 5 heteroatoms. The van der Waals surface area contributed by atoms with Gasteiger partial charge < -0.3 is 4.52 Å². The Balaban J connectivity index is 2.72. The summed E-state index contributed by atoms with van der Waals surface area (Å²) < 4.78 is 4.79. The van der Waals surface area contributed by atoms with Crippen LogP contribution < -0.4 is 0 Å². The van der Waals surface area contributed by atoms with Gasteiger partial charge in [-0.05, 0) is 28.9 Å². The second-order valence-electron chi connectivity index (χ2n) is 1.08. The molecule has 0 aliphatic carbocycles. The first-order valence-electron chi connectivity index (χ1n) is 2.08. The fourth-order valence-corrected chi connectivity index (χ4v) is 0.978. The zero-order valence-electron chi connectivity index (χ0n) is 4.11. The lowest BCUT2D eigenvalue weighted by molar-refractivity contribution is 0.366. The highest BCUT2D eigenvalue weighted by Crippen LogP contribution is 2.47. The normalized spacial score (nSPS) is 10.5. The molecule has 8 heavy (non-hydrogen) atoms. The molecule has 0 fully saturated rings. The van der Waals surface area contributed by atoms with Gasteiger partial charge in [-0.15, -0.1) is 11.6 Å². The highest BCUT2D eigenvalue weighted by atomic mass is 35.9. The molecule has 0 bridgehead atoms. The van der Waals surface area contributed by atoms with Gasteiger partial charge in [0.2, 0.25) is 6.85 Å². The topological polar surface area (TPSA) is 9.23 Å². The number of halogens is 3. The Labute approximate surface area is 64.7 Å². The molecule has 0 radical (unpaired) electrons. The molecule has 0 aliphatic rings. The summed E-state index contributed by atoms with van der Waals surface area (Å²) in [7, 11) is 0. The molecule has 0 aromatic heterocycles. The van der Waals surface area contributed by atoms with Crippen LogP contribution in [0.1, 0.15) is 6.42 Å². The van der Waals surface area contributed by atoms with E-state index in [-0.39, 0.29) is 0 Å². The molecule has 0 N–H and O–H groups in total. The molecule has 50 valence electrons. The smallest absolute Gasteiger partial charge is 0.225 e. The largest absolute Gasteiger partial charge is 0.332 e. The first-order chi connectivity index (χ1) is 3.77. The van der Waals surface area contributed by atoms with Gasteiger partial charge in [-0.1, -0.05) is 0 Å². The van der Waals surface area contributed by atoms with Crippen LogP contribution in [0.5, 0.6) is 0 Å². The van der Waals surface area contributed by atoms with Gasteiger partial charge in [-0.2, -0.15) is 0 Å². The van der Waals surface area contributed by atoms with Crippen LogP contribution in [0.3, 0.4) is 0 Å². The van der Waals surface area contributed by atoms with Gasteiger partial charge in [0.1, 0.15) is 0 Å². The lowest BCUT2D eigenvalue weighted by atomic mass is 10.5. The summed E-state index contributed by atoms with van der Waals surface area (Å²) in [5.74, 6) is 0.594. The predicted molar refractivity (Wildman–Crippen MR) is 39.9 cm³/mol. The summed E-state index contributed by atoms with van der Waals surface area (Å²) in [4.78, 5) is 0. The molecule has 0 atom stereocenters. The molecule has 0 saturated carbocycles. The fourth-order valence-electron chi connectivity index (χ4n) is 0.188. The van der Waals surface area contributed by atoms with Crippen molar-refractivity contribution in [2.75, 3.05) is 12.5 Å². The van der Waals surface area contributed by atoms with Crippen molar-refractivity contribution in [3.8, 4) is 0 Å². The number of hydrogen-bond donors (Lipinski definition) is 0. The predicted octanol–water partition coefficient (Wildman–Crippen LogP) is 3.34. The Bertz CT molecular complexity index is 51.8. The molecule has 0 saturated heterocycles. The van der Waals surface area contributed by atoms with Gasteiger partial charge in [0.25, 0.3) is 0 Å². The first-order valence-corrected chi connectivity index (χ1v) is 5.68. The Morgan fingerprint density at radius 1 is 1.38 bits per heavy atom. The van der Waals surface area contributed by atoms with E-state index in [4.69, 9.17) is 38.6 Å². The van der Waals surface area contributed by atoms with E-state index in [1.165, 1.54) is 0 Å². The molecule has 0 rings (SSSR count). The van der Waals surface area contributed by atoms with E-state index in [2.05, 4.69) is 0 Å². The second kappa shape index (κ2) is 6.38. The van der Waals surface area contributed by atoms with Crippen LogP contribution in [0.15, 0.2) is 0 Å². The first kappa shape index (κ1) is 9.26. The average Bonchev–Trinajstić information content (AvgIpc) is 1.66. The van der Waals surface area contributed by atoms with Crippen molar-refractivity contribution >= 4 is 40.9 Å². The van der Waals surface area contributed by atoms with E-state index in [1.807, 2.05) is 0 Å². The number of hydrogen-bond acceptors (Lipinski definition) is 1. The Morgan fingerprint density at radius 3 is 2.38 bits per heavy atom. The fraction of sp³-hybridized carbons (Fsp3) is 1.00. The zero-order chi connectivity index (χ0) is 6.41. The van der Waals surface area contributed by atoms with Crippen molar-refractivity contribution in [1.82, 2.24) is 0 Å². The lowest BCUT2D eigenvalue weighted by Gasteiger charge is -1.98. The third kappa shape index (κ3) is 7.26. The van der Waals surface area contributed by atoms with Crippen LogP contribution in [-0.4, -0.2) is 12.5 Å².